The molecule has 1 aliphatic rings. The molecule has 0 atom stereocenters. The summed E-state index contributed by atoms with van der Waals surface area (Å²) in [5.74, 6) is 2.29. The van der Waals surface area contributed by atoms with E-state index in [0.29, 0.717) is 11.4 Å². The Morgan fingerprint density at radius 1 is 0.587 bits per heavy atom. The van der Waals surface area contributed by atoms with Crippen LogP contribution in [0, 0.1) is 11.3 Å². The van der Waals surface area contributed by atoms with Crippen molar-refractivity contribution in [2.24, 2.45) is 0 Å². The van der Waals surface area contributed by atoms with Crippen LogP contribution in [0.5, 0.6) is 11.5 Å². The van der Waals surface area contributed by atoms with Crippen molar-refractivity contribution in [3.05, 3.63) is 156 Å². The Labute approximate surface area is 268 Å². The highest BCUT2D eigenvalue weighted by Crippen LogP contribution is 2.52. The minimum atomic E-state index is -0.386. The number of benzene rings is 6. The number of hydrogen-bond acceptors (Lipinski definition) is 4. The third-order valence-corrected chi connectivity index (χ3v) is 8.97. The topological polar surface area (TPSA) is 58.8 Å². The summed E-state index contributed by atoms with van der Waals surface area (Å²) in [6.07, 6.45) is 0. The lowest BCUT2D eigenvalue weighted by atomic mass is 9.72. The molecular formula is C42H29N3O. The summed E-state index contributed by atoms with van der Waals surface area (Å²) in [7, 11) is 0. The van der Waals surface area contributed by atoms with Gasteiger partial charge < -0.3 is 4.74 Å². The number of hydrogen-bond donors (Lipinski definition) is 0. The van der Waals surface area contributed by atoms with E-state index in [-0.39, 0.29) is 5.41 Å². The van der Waals surface area contributed by atoms with Crippen molar-refractivity contribution in [1.82, 2.24) is 9.97 Å². The molecule has 0 unspecified atom stereocenters. The van der Waals surface area contributed by atoms with Gasteiger partial charge in [0.1, 0.15) is 11.5 Å². The Hall–Kier alpha value is -6.05. The van der Waals surface area contributed by atoms with Crippen LogP contribution in [-0.2, 0) is 5.41 Å². The van der Waals surface area contributed by atoms with E-state index < -0.39 is 0 Å². The second-order valence-corrected chi connectivity index (χ2v) is 12.1. The zero-order chi connectivity index (χ0) is 31.3. The average Bonchev–Trinajstić information content (AvgIpc) is 3.11. The molecule has 0 saturated heterocycles. The molecule has 0 bridgehead atoms. The first-order valence-corrected chi connectivity index (χ1v) is 15.4. The third kappa shape index (κ3) is 4.53. The smallest absolute Gasteiger partial charge is 0.160 e. The summed E-state index contributed by atoms with van der Waals surface area (Å²) >= 11 is 0. The number of fused-ring (bicyclic) bond motifs is 3. The van der Waals surface area contributed by atoms with Crippen molar-refractivity contribution in [2.75, 3.05) is 0 Å². The molecule has 0 N–H and O–H groups in total. The van der Waals surface area contributed by atoms with E-state index in [1.165, 1.54) is 5.56 Å². The quantitative estimate of drug-likeness (QED) is 0.204. The molecule has 4 nitrogen and oxygen atoms in total. The van der Waals surface area contributed by atoms with Gasteiger partial charge in [-0.3, -0.25) is 0 Å². The zero-order valence-corrected chi connectivity index (χ0v) is 25.5. The number of para-hydroxylation sites is 2. The molecule has 4 heteroatoms. The van der Waals surface area contributed by atoms with Crippen molar-refractivity contribution >= 4 is 10.9 Å². The molecule has 8 rings (SSSR count). The van der Waals surface area contributed by atoms with Crippen LogP contribution in [0.25, 0.3) is 55.8 Å². The van der Waals surface area contributed by atoms with E-state index in [9.17, 15) is 5.26 Å². The molecule has 1 aliphatic heterocycles. The van der Waals surface area contributed by atoms with Crippen LogP contribution >= 0.6 is 0 Å². The fraction of sp³-hybridized carbons (Fsp3) is 0.0714. The summed E-state index contributed by atoms with van der Waals surface area (Å²) in [5, 5.41) is 11.3. The van der Waals surface area contributed by atoms with Crippen molar-refractivity contribution in [2.45, 2.75) is 19.3 Å². The Balaban J connectivity index is 1.28. The molecule has 46 heavy (non-hydrogen) atoms. The Morgan fingerprint density at radius 3 is 2.09 bits per heavy atom. The predicted octanol–water partition coefficient (Wildman–Crippen LogP) is 10.6. The Morgan fingerprint density at radius 2 is 1.26 bits per heavy atom. The molecular weight excluding hydrogens is 562 g/mol. The first-order valence-electron chi connectivity index (χ1n) is 15.4. The predicted molar refractivity (Wildman–Crippen MR) is 185 cm³/mol. The Bertz CT molecular complexity index is 2320. The second kappa shape index (κ2) is 10.8. The van der Waals surface area contributed by atoms with E-state index >= 15 is 0 Å². The van der Waals surface area contributed by atoms with Crippen LogP contribution in [0.2, 0.25) is 0 Å². The van der Waals surface area contributed by atoms with E-state index in [1.54, 1.807) is 0 Å². The van der Waals surface area contributed by atoms with E-state index in [0.717, 1.165) is 67.0 Å². The van der Waals surface area contributed by atoms with Gasteiger partial charge in [0, 0.05) is 38.6 Å². The normalized spacial score (nSPS) is 12.9. The molecule has 7 aromatic rings. The number of aromatic nitrogens is 2. The molecule has 6 aromatic carbocycles. The molecule has 0 amide bonds. The highest BCUT2D eigenvalue weighted by atomic mass is 16.5. The van der Waals surface area contributed by atoms with Crippen LogP contribution < -0.4 is 4.74 Å². The molecule has 0 saturated carbocycles. The van der Waals surface area contributed by atoms with E-state index in [2.05, 4.69) is 86.6 Å². The number of nitriles is 1. The van der Waals surface area contributed by atoms with Gasteiger partial charge in [-0.1, -0.05) is 123 Å². The molecule has 2 heterocycles. The maximum absolute atomic E-state index is 10.3. The lowest BCUT2D eigenvalue weighted by Gasteiger charge is -2.36. The highest BCUT2D eigenvalue weighted by molar-refractivity contribution is 5.95. The fourth-order valence-electron chi connectivity index (χ4n) is 6.70. The maximum atomic E-state index is 10.3. The standard InChI is InChI=1S/C42H29N3O/c1-42(2)34-16-7-9-18-36(34)46-37-24-23-32(26-43)38(39(37)42)30-13-10-14-31(25-30)40-33-15-6-8-17-35(33)44-41(45-40)29-21-19-28(20-22-29)27-11-4-3-5-12-27/h3-25H,1-2H3. The highest BCUT2D eigenvalue weighted by Gasteiger charge is 2.37. The van der Waals surface area contributed by atoms with Crippen molar-refractivity contribution in [1.29, 1.82) is 5.26 Å². The summed E-state index contributed by atoms with van der Waals surface area (Å²) in [4.78, 5) is 10.1. The lowest BCUT2D eigenvalue weighted by molar-refractivity contribution is 0.419. The monoisotopic (exact) mass is 591 g/mol. The molecule has 0 radical (unpaired) electrons. The average molecular weight is 592 g/mol. The number of rotatable bonds is 4. The first kappa shape index (κ1) is 27.5. The summed E-state index contributed by atoms with van der Waals surface area (Å²) < 4.78 is 6.42. The number of ether oxygens (including phenoxy) is 1. The van der Waals surface area contributed by atoms with Gasteiger partial charge in [0.25, 0.3) is 0 Å². The van der Waals surface area contributed by atoms with Crippen LogP contribution in [0.1, 0.15) is 30.5 Å². The number of nitrogens with zero attached hydrogens (tertiary/aromatic N) is 3. The van der Waals surface area contributed by atoms with Crippen molar-refractivity contribution in [3.63, 3.8) is 0 Å². The molecule has 218 valence electrons. The van der Waals surface area contributed by atoms with Crippen LogP contribution in [0.15, 0.2) is 140 Å². The van der Waals surface area contributed by atoms with Gasteiger partial charge in [-0.25, -0.2) is 9.97 Å². The largest absolute Gasteiger partial charge is 0.457 e. The zero-order valence-electron chi connectivity index (χ0n) is 25.5. The lowest BCUT2D eigenvalue weighted by Crippen LogP contribution is -2.25. The minimum absolute atomic E-state index is 0.386. The SMILES string of the molecule is CC1(C)c2ccccc2Oc2ccc(C#N)c(-c3cccc(-c4nc(-c5ccc(-c6ccccc6)cc5)nc5ccccc45)c3)c21. The van der Waals surface area contributed by atoms with Crippen LogP contribution in [-0.4, -0.2) is 9.97 Å². The first-order chi connectivity index (χ1) is 22.5. The van der Waals surface area contributed by atoms with Gasteiger partial charge in [-0.05, 0) is 47.0 Å². The minimum Gasteiger partial charge on any atom is -0.457 e. The molecule has 0 spiro atoms. The molecule has 1 aromatic heterocycles. The van der Waals surface area contributed by atoms with Gasteiger partial charge >= 0.3 is 0 Å². The van der Waals surface area contributed by atoms with Gasteiger partial charge in [0.2, 0.25) is 0 Å². The molecule has 0 fully saturated rings. The van der Waals surface area contributed by atoms with Crippen molar-refractivity contribution in [3.8, 4) is 62.5 Å². The third-order valence-electron chi connectivity index (χ3n) is 8.97. The fourth-order valence-corrected chi connectivity index (χ4v) is 6.70. The van der Waals surface area contributed by atoms with E-state index in [4.69, 9.17) is 14.7 Å². The molecule has 0 aliphatic carbocycles. The summed E-state index contributed by atoms with van der Waals surface area (Å²) in [5.41, 5.74) is 10.1. The van der Waals surface area contributed by atoms with Gasteiger partial charge in [0.05, 0.1) is 22.8 Å². The van der Waals surface area contributed by atoms with Gasteiger partial charge in [-0.15, -0.1) is 0 Å². The van der Waals surface area contributed by atoms with E-state index in [1.807, 2.05) is 72.8 Å². The summed E-state index contributed by atoms with van der Waals surface area (Å²) in [6, 6.07) is 49.6. The summed E-state index contributed by atoms with van der Waals surface area (Å²) in [6.45, 7) is 4.41. The van der Waals surface area contributed by atoms with Crippen molar-refractivity contribution < 1.29 is 4.74 Å². The maximum Gasteiger partial charge on any atom is 0.160 e. The van der Waals surface area contributed by atoms with Gasteiger partial charge in [0.15, 0.2) is 5.82 Å². The van der Waals surface area contributed by atoms with Gasteiger partial charge in [-0.2, -0.15) is 5.26 Å². The second-order valence-electron chi connectivity index (χ2n) is 12.1. The van der Waals surface area contributed by atoms with Crippen LogP contribution in [0.4, 0.5) is 0 Å². The van der Waals surface area contributed by atoms with Crippen LogP contribution in [0.3, 0.4) is 0 Å². The Kier molecular flexibility index (Phi) is 6.48.